The van der Waals surface area contributed by atoms with Crippen molar-refractivity contribution in [2.24, 2.45) is 0 Å². The molecule has 1 aromatic carbocycles. The Kier molecular flexibility index (Phi) is 4.96. The minimum atomic E-state index is -0.393. The zero-order valence-electron chi connectivity index (χ0n) is 10.1. The van der Waals surface area contributed by atoms with Crippen molar-refractivity contribution in [3.05, 3.63) is 34.3 Å². The normalized spacial score (nSPS) is 16.8. The van der Waals surface area contributed by atoms with E-state index >= 15 is 0 Å². The third-order valence-corrected chi connectivity index (χ3v) is 3.65. The summed E-state index contributed by atoms with van der Waals surface area (Å²) in [6.45, 7) is 6.37. The molecule has 0 amide bonds. The molecule has 90 valence electrons. The number of hydrogen-bond acceptors (Lipinski definition) is 2. The molecule has 1 rings (SSSR count). The summed E-state index contributed by atoms with van der Waals surface area (Å²) in [5.74, 6) is 0. The van der Waals surface area contributed by atoms with Crippen LogP contribution < -0.4 is 5.32 Å². The molecule has 3 heteroatoms. The van der Waals surface area contributed by atoms with Crippen LogP contribution in [0.5, 0.6) is 0 Å². The first kappa shape index (κ1) is 13.7. The maximum absolute atomic E-state index is 9.62. The number of aliphatic hydroxyl groups excluding tert-OH is 1. The van der Waals surface area contributed by atoms with E-state index in [1.54, 1.807) is 0 Å². The van der Waals surface area contributed by atoms with Crippen molar-refractivity contribution in [3.63, 3.8) is 0 Å². The number of aliphatic hydroxyl groups is 1. The van der Waals surface area contributed by atoms with Crippen LogP contribution >= 0.6 is 15.9 Å². The molecule has 2 N–H and O–H groups in total. The standard InChI is InChI=1S/C13H20BrNO/c1-4-10(2)15-13(3,9-16)11-7-5-6-8-12(11)14/h5-8,10,15-16H,4,9H2,1-3H3. The molecule has 2 atom stereocenters. The van der Waals surface area contributed by atoms with Gasteiger partial charge in [-0.05, 0) is 31.9 Å². The van der Waals surface area contributed by atoms with Gasteiger partial charge in [-0.2, -0.15) is 0 Å². The maximum Gasteiger partial charge on any atom is 0.0653 e. The second-order valence-electron chi connectivity index (χ2n) is 4.42. The second-order valence-corrected chi connectivity index (χ2v) is 5.28. The third-order valence-electron chi connectivity index (χ3n) is 2.96. The van der Waals surface area contributed by atoms with Crippen molar-refractivity contribution in [2.45, 2.75) is 38.8 Å². The van der Waals surface area contributed by atoms with Crippen LogP contribution in [-0.2, 0) is 5.54 Å². The van der Waals surface area contributed by atoms with Crippen molar-refractivity contribution in [2.75, 3.05) is 6.61 Å². The van der Waals surface area contributed by atoms with Crippen molar-refractivity contribution >= 4 is 15.9 Å². The third kappa shape index (κ3) is 3.06. The molecule has 0 saturated carbocycles. The minimum absolute atomic E-state index is 0.0833. The monoisotopic (exact) mass is 285 g/mol. The van der Waals surface area contributed by atoms with E-state index in [1.807, 2.05) is 31.2 Å². The van der Waals surface area contributed by atoms with Crippen molar-refractivity contribution in [1.82, 2.24) is 5.32 Å². The van der Waals surface area contributed by atoms with Gasteiger partial charge in [0, 0.05) is 10.5 Å². The van der Waals surface area contributed by atoms with Crippen molar-refractivity contribution in [3.8, 4) is 0 Å². The fraction of sp³-hybridized carbons (Fsp3) is 0.538. The first-order valence-electron chi connectivity index (χ1n) is 5.67. The highest BCUT2D eigenvalue weighted by molar-refractivity contribution is 9.10. The molecule has 0 spiro atoms. The summed E-state index contributed by atoms with van der Waals surface area (Å²) in [6.07, 6.45) is 1.04. The lowest BCUT2D eigenvalue weighted by Gasteiger charge is -2.33. The summed E-state index contributed by atoms with van der Waals surface area (Å²) in [4.78, 5) is 0. The number of nitrogens with one attached hydrogen (secondary N) is 1. The van der Waals surface area contributed by atoms with Gasteiger partial charge in [-0.3, -0.25) is 0 Å². The summed E-state index contributed by atoms with van der Waals surface area (Å²) < 4.78 is 1.03. The summed E-state index contributed by atoms with van der Waals surface area (Å²) in [5, 5.41) is 13.1. The predicted molar refractivity (Wildman–Crippen MR) is 71.5 cm³/mol. The van der Waals surface area contributed by atoms with Gasteiger partial charge in [0.25, 0.3) is 0 Å². The molecular weight excluding hydrogens is 266 g/mol. The van der Waals surface area contributed by atoms with E-state index in [0.717, 1.165) is 16.5 Å². The van der Waals surface area contributed by atoms with Crippen molar-refractivity contribution < 1.29 is 5.11 Å². The van der Waals surface area contributed by atoms with Crippen LogP contribution in [0.2, 0.25) is 0 Å². The number of rotatable bonds is 5. The zero-order valence-corrected chi connectivity index (χ0v) is 11.7. The van der Waals surface area contributed by atoms with Gasteiger partial charge in [0.1, 0.15) is 0 Å². The average Bonchev–Trinajstić information content (AvgIpc) is 2.29. The van der Waals surface area contributed by atoms with E-state index < -0.39 is 5.54 Å². The smallest absolute Gasteiger partial charge is 0.0653 e. The van der Waals surface area contributed by atoms with Crippen molar-refractivity contribution in [1.29, 1.82) is 0 Å². The van der Waals surface area contributed by atoms with Crippen LogP contribution in [0.25, 0.3) is 0 Å². The van der Waals surface area contributed by atoms with Crippen LogP contribution in [0.15, 0.2) is 28.7 Å². The first-order valence-corrected chi connectivity index (χ1v) is 6.46. The van der Waals surface area contributed by atoms with Crippen LogP contribution in [-0.4, -0.2) is 17.8 Å². The Morgan fingerprint density at radius 1 is 1.44 bits per heavy atom. The number of hydrogen-bond donors (Lipinski definition) is 2. The van der Waals surface area contributed by atoms with Gasteiger partial charge in [-0.25, -0.2) is 0 Å². The molecule has 0 radical (unpaired) electrons. The van der Waals surface area contributed by atoms with Gasteiger partial charge in [0.05, 0.1) is 12.1 Å². The summed E-state index contributed by atoms with van der Waals surface area (Å²) in [6, 6.07) is 8.39. The van der Waals surface area contributed by atoms with E-state index in [2.05, 4.69) is 35.1 Å². The Morgan fingerprint density at radius 2 is 2.06 bits per heavy atom. The Labute approximate surface area is 106 Å². The molecule has 2 nitrogen and oxygen atoms in total. The molecule has 0 fully saturated rings. The molecular formula is C13H20BrNO. The average molecular weight is 286 g/mol. The summed E-state index contributed by atoms with van der Waals surface area (Å²) in [7, 11) is 0. The van der Waals surface area contributed by atoms with Gasteiger partial charge in [0.15, 0.2) is 0 Å². The molecule has 16 heavy (non-hydrogen) atoms. The molecule has 1 aromatic rings. The maximum atomic E-state index is 9.62. The topological polar surface area (TPSA) is 32.3 Å². The van der Waals surface area contributed by atoms with Gasteiger partial charge in [-0.1, -0.05) is 41.1 Å². The first-order chi connectivity index (χ1) is 7.53. The van der Waals surface area contributed by atoms with Gasteiger partial charge in [0.2, 0.25) is 0 Å². The minimum Gasteiger partial charge on any atom is -0.394 e. The van der Waals surface area contributed by atoms with Gasteiger partial charge in [-0.15, -0.1) is 0 Å². The van der Waals surface area contributed by atoms with E-state index in [4.69, 9.17) is 0 Å². The van der Waals surface area contributed by atoms with Gasteiger partial charge < -0.3 is 10.4 Å². The molecule has 0 bridgehead atoms. The van der Waals surface area contributed by atoms with E-state index in [-0.39, 0.29) is 6.61 Å². The van der Waals surface area contributed by atoms with Crippen LogP contribution in [0.3, 0.4) is 0 Å². The largest absolute Gasteiger partial charge is 0.394 e. The van der Waals surface area contributed by atoms with Crippen LogP contribution in [0.4, 0.5) is 0 Å². The zero-order chi connectivity index (χ0) is 12.2. The Morgan fingerprint density at radius 3 is 2.56 bits per heavy atom. The summed E-state index contributed by atoms with van der Waals surface area (Å²) in [5.41, 5.74) is 0.702. The lowest BCUT2D eigenvalue weighted by molar-refractivity contribution is 0.162. The summed E-state index contributed by atoms with van der Waals surface area (Å²) >= 11 is 3.53. The molecule has 2 unspecified atom stereocenters. The predicted octanol–water partition coefficient (Wildman–Crippen LogP) is 3.04. The molecule has 0 aromatic heterocycles. The fourth-order valence-corrected chi connectivity index (χ4v) is 2.49. The molecule has 0 aliphatic heterocycles. The highest BCUT2D eigenvalue weighted by Gasteiger charge is 2.28. The van der Waals surface area contributed by atoms with Crippen LogP contribution in [0, 0.1) is 0 Å². The van der Waals surface area contributed by atoms with Gasteiger partial charge >= 0.3 is 0 Å². The fourth-order valence-electron chi connectivity index (χ4n) is 1.76. The Bertz CT molecular complexity index is 342. The lowest BCUT2D eigenvalue weighted by atomic mass is 9.91. The second kappa shape index (κ2) is 5.80. The van der Waals surface area contributed by atoms with E-state index in [1.165, 1.54) is 0 Å². The quantitative estimate of drug-likeness (QED) is 0.872. The van der Waals surface area contributed by atoms with E-state index in [0.29, 0.717) is 6.04 Å². The molecule has 0 aliphatic rings. The molecule has 0 heterocycles. The Hall–Kier alpha value is -0.380. The Balaban J connectivity index is 3.00. The molecule has 0 saturated heterocycles. The van der Waals surface area contributed by atoms with E-state index in [9.17, 15) is 5.11 Å². The highest BCUT2D eigenvalue weighted by atomic mass is 79.9. The lowest BCUT2D eigenvalue weighted by Crippen LogP contribution is -2.47. The number of halogens is 1. The highest BCUT2D eigenvalue weighted by Crippen LogP contribution is 2.28. The SMILES string of the molecule is CCC(C)NC(C)(CO)c1ccccc1Br. The number of benzene rings is 1. The molecule has 0 aliphatic carbocycles. The van der Waals surface area contributed by atoms with Crippen LogP contribution in [0.1, 0.15) is 32.8 Å².